The van der Waals surface area contributed by atoms with E-state index in [0.29, 0.717) is 19.6 Å². The average molecular weight is 265 g/mol. The molecule has 0 fully saturated rings. The van der Waals surface area contributed by atoms with Crippen molar-refractivity contribution in [1.82, 2.24) is 5.32 Å². The summed E-state index contributed by atoms with van der Waals surface area (Å²) in [5.74, 6) is -0.0279. The quantitative estimate of drug-likeness (QED) is 0.758. The summed E-state index contributed by atoms with van der Waals surface area (Å²) in [6.45, 7) is 7.20. The molecule has 106 valence electrons. The largest absolute Gasteiger partial charge is 0.494 e. The number of nitrogens with one attached hydrogen (secondary N) is 1. The summed E-state index contributed by atoms with van der Waals surface area (Å²) in [6, 6.07) is 5.36. The number of rotatable bonds is 8. The molecule has 1 atom stereocenters. The Kier molecular flexibility index (Phi) is 6.36. The van der Waals surface area contributed by atoms with Crippen LogP contribution in [0.1, 0.15) is 30.9 Å². The van der Waals surface area contributed by atoms with E-state index >= 15 is 0 Å². The van der Waals surface area contributed by atoms with Crippen molar-refractivity contribution >= 4 is 5.97 Å². The molecule has 0 aliphatic rings. The molecule has 4 nitrogen and oxygen atoms in total. The van der Waals surface area contributed by atoms with Crippen molar-refractivity contribution in [3.05, 3.63) is 29.3 Å². The van der Waals surface area contributed by atoms with Crippen LogP contribution in [0.3, 0.4) is 0 Å². The molecule has 0 bridgehead atoms. The lowest BCUT2D eigenvalue weighted by Crippen LogP contribution is -2.38. The van der Waals surface area contributed by atoms with Crippen LogP contribution in [-0.2, 0) is 4.79 Å². The number of carboxylic acid groups (broad SMARTS) is 1. The molecule has 0 aromatic heterocycles. The fourth-order valence-electron chi connectivity index (χ4n) is 1.73. The van der Waals surface area contributed by atoms with Gasteiger partial charge in [0.1, 0.15) is 11.8 Å². The van der Waals surface area contributed by atoms with E-state index in [1.54, 1.807) is 0 Å². The summed E-state index contributed by atoms with van der Waals surface area (Å²) in [5.41, 5.74) is 2.40. The van der Waals surface area contributed by atoms with Gasteiger partial charge in [0, 0.05) is 6.42 Å². The van der Waals surface area contributed by atoms with Gasteiger partial charge in [-0.1, -0.05) is 13.0 Å². The molecule has 0 saturated carbocycles. The first kappa shape index (κ1) is 15.5. The maximum absolute atomic E-state index is 11.0. The predicted molar refractivity (Wildman–Crippen MR) is 75.7 cm³/mol. The number of hydrogen-bond acceptors (Lipinski definition) is 3. The summed E-state index contributed by atoms with van der Waals surface area (Å²) >= 11 is 0. The number of carbonyl (C=O) groups is 1. The lowest BCUT2D eigenvalue weighted by molar-refractivity contribution is -0.139. The average Bonchev–Trinajstić information content (AvgIpc) is 2.37. The minimum Gasteiger partial charge on any atom is -0.494 e. The normalized spacial score (nSPS) is 12.2. The van der Waals surface area contributed by atoms with Crippen LogP contribution < -0.4 is 10.1 Å². The standard InChI is InChI=1S/C15H23NO3/c1-4-8-16-14(15(17)18)7-9-19-13-6-5-11(2)12(3)10-13/h5-6,10,14,16H,4,7-9H2,1-3H3,(H,17,18). The van der Waals surface area contributed by atoms with E-state index in [1.165, 1.54) is 11.1 Å². The molecule has 0 spiro atoms. The molecule has 1 unspecified atom stereocenters. The van der Waals surface area contributed by atoms with Gasteiger partial charge in [0.15, 0.2) is 0 Å². The van der Waals surface area contributed by atoms with Gasteiger partial charge in [-0.2, -0.15) is 0 Å². The first-order valence-corrected chi connectivity index (χ1v) is 6.70. The third kappa shape index (κ3) is 5.30. The monoisotopic (exact) mass is 265 g/mol. The third-order valence-electron chi connectivity index (χ3n) is 3.09. The second kappa shape index (κ2) is 7.79. The van der Waals surface area contributed by atoms with E-state index in [4.69, 9.17) is 9.84 Å². The van der Waals surface area contributed by atoms with Gasteiger partial charge in [0.25, 0.3) is 0 Å². The summed E-state index contributed by atoms with van der Waals surface area (Å²) < 4.78 is 5.60. The van der Waals surface area contributed by atoms with Crippen molar-refractivity contribution < 1.29 is 14.6 Å². The van der Waals surface area contributed by atoms with Crippen molar-refractivity contribution in [2.24, 2.45) is 0 Å². The molecule has 0 heterocycles. The lowest BCUT2D eigenvalue weighted by atomic mass is 10.1. The van der Waals surface area contributed by atoms with Gasteiger partial charge in [-0.05, 0) is 50.1 Å². The number of aliphatic carboxylic acids is 1. The Morgan fingerprint density at radius 3 is 2.68 bits per heavy atom. The van der Waals surface area contributed by atoms with Gasteiger partial charge in [-0.25, -0.2) is 0 Å². The SMILES string of the molecule is CCCNC(CCOc1ccc(C)c(C)c1)C(=O)O. The number of carboxylic acids is 1. The van der Waals surface area contributed by atoms with Crippen LogP contribution >= 0.6 is 0 Å². The molecule has 1 rings (SSSR count). The number of ether oxygens (including phenoxy) is 1. The Morgan fingerprint density at radius 1 is 1.37 bits per heavy atom. The Balaban J connectivity index is 2.42. The van der Waals surface area contributed by atoms with Crippen LogP contribution in [0.15, 0.2) is 18.2 Å². The fourth-order valence-corrected chi connectivity index (χ4v) is 1.73. The van der Waals surface area contributed by atoms with Crippen LogP contribution in [0, 0.1) is 13.8 Å². The highest BCUT2D eigenvalue weighted by Crippen LogP contribution is 2.16. The van der Waals surface area contributed by atoms with Crippen molar-refractivity contribution in [3.8, 4) is 5.75 Å². The van der Waals surface area contributed by atoms with Crippen LogP contribution in [0.2, 0.25) is 0 Å². The van der Waals surface area contributed by atoms with Crippen molar-refractivity contribution in [1.29, 1.82) is 0 Å². The smallest absolute Gasteiger partial charge is 0.320 e. The van der Waals surface area contributed by atoms with Gasteiger partial charge in [-0.3, -0.25) is 4.79 Å². The van der Waals surface area contributed by atoms with Crippen LogP contribution in [0.4, 0.5) is 0 Å². The molecule has 2 N–H and O–H groups in total. The van der Waals surface area contributed by atoms with Crippen molar-refractivity contribution in [2.45, 2.75) is 39.7 Å². The van der Waals surface area contributed by atoms with E-state index in [-0.39, 0.29) is 0 Å². The summed E-state index contributed by atoms with van der Waals surface area (Å²) in [7, 11) is 0. The zero-order valence-corrected chi connectivity index (χ0v) is 11.9. The first-order chi connectivity index (χ1) is 9.04. The van der Waals surface area contributed by atoms with E-state index in [0.717, 1.165) is 12.2 Å². The highest BCUT2D eigenvalue weighted by molar-refractivity contribution is 5.73. The Labute approximate surface area is 114 Å². The summed E-state index contributed by atoms with van der Waals surface area (Å²) in [6.07, 6.45) is 1.38. The van der Waals surface area contributed by atoms with Gasteiger partial charge in [0.05, 0.1) is 6.61 Å². The van der Waals surface area contributed by atoms with Crippen LogP contribution in [0.25, 0.3) is 0 Å². The molecule has 1 aromatic rings. The molecule has 0 aliphatic carbocycles. The molecule has 1 aromatic carbocycles. The molecular formula is C15H23NO3. The van der Waals surface area contributed by atoms with Gasteiger partial charge >= 0.3 is 5.97 Å². The van der Waals surface area contributed by atoms with E-state index in [1.807, 2.05) is 39.0 Å². The van der Waals surface area contributed by atoms with Crippen molar-refractivity contribution in [3.63, 3.8) is 0 Å². The highest BCUT2D eigenvalue weighted by Gasteiger charge is 2.15. The Bertz CT molecular complexity index is 418. The van der Waals surface area contributed by atoms with Gasteiger partial charge in [0.2, 0.25) is 0 Å². The van der Waals surface area contributed by atoms with Crippen molar-refractivity contribution in [2.75, 3.05) is 13.2 Å². The molecule has 0 radical (unpaired) electrons. The maximum Gasteiger partial charge on any atom is 0.320 e. The zero-order valence-electron chi connectivity index (χ0n) is 11.9. The summed E-state index contributed by atoms with van der Waals surface area (Å²) in [5, 5.41) is 12.1. The van der Waals surface area contributed by atoms with Crippen LogP contribution in [0.5, 0.6) is 5.75 Å². The molecule has 0 saturated heterocycles. The number of benzene rings is 1. The summed E-state index contributed by atoms with van der Waals surface area (Å²) in [4.78, 5) is 11.0. The van der Waals surface area contributed by atoms with Gasteiger partial charge in [-0.15, -0.1) is 0 Å². The second-order valence-corrected chi connectivity index (χ2v) is 4.73. The first-order valence-electron chi connectivity index (χ1n) is 6.70. The molecule has 0 amide bonds. The van der Waals surface area contributed by atoms with Crippen LogP contribution in [-0.4, -0.2) is 30.3 Å². The number of aryl methyl sites for hydroxylation is 2. The minimum atomic E-state index is -0.822. The Morgan fingerprint density at radius 2 is 2.11 bits per heavy atom. The molecule has 4 heteroatoms. The van der Waals surface area contributed by atoms with E-state index < -0.39 is 12.0 Å². The third-order valence-corrected chi connectivity index (χ3v) is 3.09. The van der Waals surface area contributed by atoms with E-state index in [9.17, 15) is 4.79 Å². The maximum atomic E-state index is 11.0. The molecular weight excluding hydrogens is 242 g/mol. The zero-order chi connectivity index (χ0) is 14.3. The minimum absolute atomic E-state index is 0.399. The number of hydrogen-bond donors (Lipinski definition) is 2. The highest BCUT2D eigenvalue weighted by atomic mass is 16.5. The predicted octanol–water partition coefficient (Wildman–Crippen LogP) is 2.53. The Hall–Kier alpha value is -1.55. The lowest BCUT2D eigenvalue weighted by Gasteiger charge is -2.14. The molecule has 0 aliphatic heterocycles. The topological polar surface area (TPSA) is 58.6 Å². The molecule has 19 heavy (non-hydrogen) atoms. The second-order valence-electron chi connectivity index (χ2n) is 4.73. The fraction of sp³-hybridized carbons (Fsp3) is 0.533. The van der Waals surface area contributed by atoms with Gasteiger partial charge < -0.3 is 15.2 Å². The van der Waals surface area contributed by atoms with E-state index in [2.05, 4.69) is 5.32 Å².